The lowest BCUT2D eigenvalue weighted by Crippen LogP contribution is -2.48. The molecule has 3 N–H and O–H groups in total. The van der Waals surface area contributed by atoms with Crippen molar-refractivity contribution in [2.24, 2.45) is 5.92 Å². The van der Waals surface area contributed by atoms with Crippen LogP contribution in [0.5, 0.6) is 11.5 Å². The third-order valence-corrected chi connectivity index (χ3v) is 7.93. The molecule has 1 heterocycles. The maximum atomic E-state index is 13.2. The van der Waals surface area contributed by atoms with Gasteiger partial charge >= 0.3 is 23.4 Å². The number of amides is 1. The molecule has 0 bridgehead atoms. The van der Waals surface area contributed by atoms with Gasteiger partial charge in [-0.3, -0.25) is 9.48 Å². The minimum Gasteiger partial charge on any atom is -0.497 e. The molecule has 3 aromatic carbocycles. The van der Waals surface area contributed by atoms with Crippen molar-refractivity contribution in [1.29, 1.82) is 0 Å². The van der Waals surface area contributed by atoms with Crippen molar-refractivity contribution in [1.82, 2.24) is 15.1 Å². The van der Waals surface area contributed by atoms with Crippen LogP contribution in [0.25, 0.3) is 22.5 Å². The summed E-state index contributed by atoms with van der Waals surface area (Å²) in [4.78, 5) is 12.4. The monoisotopic (exact) mass is 645 g/mol. The average molecular weight is 645 g/mol. The Morgan fingerprint density at radius 3 is 2.33 bits per heavy atom. The Morgan fingerprint density at radius 2 is 1.71 bits per heavy atom. The van der Waals surface area contributed by atoms with Crippen molar-refractivity contribution in [3.63, 3.8) is 0 Å². The highest BCUT2D eigenvalue weighted by molar-refractivity contribution is 7.87. The lowest BCUT2D eigenvalue weighted by atomic mass is 9.75. The number of para-hydroxylation sites is 1. The van der Waals surface area contributed by atoms with Gasteiger partial charge in [-0.05, 0) is 73.0 Å². The Morgan fingerprint density at radius 1 is 1.02 bits per heavy atom. The Bertz CT molecular complexity index is 1740. The number of rotatable bonds is 12. The Hall–Kier alpha value is -4.34. The normalized spacial score (nSPS) is 12.6. The molecule has 4 rings (SSSR count). The maximum Gasteiger partial charge on any atom is 0.475 e. The van der Waals surface area contributed by atoms with Crippen LogP contribution in [0.3, 0.4) is 0 Å². The maximum absolute atomic E-state index is 13.2. The molecule has 1 atom stereocenters. The number of carbonyl (C=O) groups excluding carboxylic acids is 1. The molecule has 15 heteroatoms. The fourth-order valence-electron chi connectivity index (χ4n) is 4.56. The van der Waals surface area contributed by atoms with Gasteiger partial charge in [0.2, 0.25) is 5.91 Å². The average Bonchev–Trinajstić information content (AvgIpc) is 3.39. The molecule has 0 unspecified atom stereocenters. The van der Waals surface area contributed by atoms with Crippen molar-refractivity contribution in [2.75, 3.05) is 7.11 Å². The quantitative estimate of drug-likeness (QED) is 0.151. The Balaban J connectivity index is 1.72. The third-order valence-electron chi connectivity index (χ3n) is 6.70. The zero-order valence-corrected chi connectivity index (χ0v) is 25.3. The van der Waals surface area contributed by atoms with Crippen LogP contribution < -0.4 is 14.2 Å². The van der Waals surface area contributed by atoms with Crippen LogP contribution in [0.2, 0.25) is 0 Å². The van der Waals surface area contributed by atoms with E-state index in [4.69, 9.17) is 8.92 Å². The van der Waals surface area contributed by atoms with E-state index in [2.05, 4.69) is 10.4 Å². The van der Waals surface area contributed by atoms with Crippen LogP contribution in [0.4, 0.5) is 13.2 Å². The van der Waals surface area contributed by atoms with Crippen molar-refractivity contribution in [3.05, 3.63) is 84.4 Å². The summed E-state index contributed by atoms with van der Waals surface area (Å²) in [6.07, 6.45) is -4.45. The van der Waals surface area contributed by atoms with E-state index in [0.717, 1.165) is 18.2 Å². The molecular formula is C30H31BF3N3O7S. The third kappa shape index (κ3) is 8.44. The molecule has 0 radical (unpaired) electrons. The first kappa shape index (κ1) is 33.6. The summed E-state index contributed by atoms with van der Waals surface area (Å²) in [5.41, 5.74) is 0.308. The molecule has 45 heavy (non-hydrogen) atoms. The number of alkyl halides is 3. The highest BCUT2D eigenvalue weighted by Gasteiger charge is 2.32. The predicted molar refractivity (Wildman–Crippen MR) is 160 cm³/mol. The molecule has 0 aliphatic rings. The van der Waals surface area contributed by atoms with Crippen LogP contribution in [-0.4, -0.2) is 54.3 Å². The van der Waals surface area contributed by atoms with Gasteiger partial charge in [0.15, 0.2) is 5.75 Å². The predicted octanol–water partition coefficient (Wildman–Crippen LogP) is 4.56. The number of hydrogen-bond acceptors (Lipinski definition) is 8. The molecular weight excluding hydrogens is 614 g/mol. The zero-order valence-electron chi connectivity index (χ0n) is 24.5. The summed E-state index contributed by atoms with van der Waals surface area (Å²) in [6.45, 7) is 3.40. The molecule has 1 amide bonds. The van der Waals surface area contributed by atoms with Crippen LogP contribution in [0.15, 0.2) is 83.8 Å². The minimum atomic E-state index is -4.76. The van der Waals surface area contributed by atoms with Gasteiger partial charge in [0.05, 0.1) is 30.0 Å². The van der Waals surface area contributed by atoms with E-state index in [-0.39, 0.29) is 29.5 Å². The lowest BCUT2D eigenvalue weighted by molar-refractivity contribution is -0.137. The topological polar surface area (TPSA) is 140 Å². The number of nitrogens with one attached hydrogen (secondary N) is 1. The first-order valence-corrected chi connectivity index (χ1v) is 15.2. The first-order chi connectivity index (χ1) is 21.2. The molecule has 0 fully saturated rings. The standard InChI is InChI=1S/C30H31BF3N3O7S/c1-19(2)15-28(31(39)40)35-29(38)18-37-26(20-11-13-22(43-3)14-12-20)17-25(36-37)24-9-4-5-10-27(24)44-45(41,42)23-8-6-7-21(16-23)30(32,33)34/h4-14,16-17,19,28,39-40H,15,18H2,1-3H3,(H,35,38)/t28-/m0/s1. The second-order valence-electron chi connectivity index (χ2n) is 10.6. The number of hydrogen-bond donors (Lipinski definition) is 3. The zero-order chi connectivity index (χ0) is 32.9. The number of methoxy groups -OCH3 is 1. The van der Waals surface area contributed by atoms with Gasteiger partial charge in [-0.25, -0.2) is 0 Å². The minimum absolute atomic E-state index is 0.0620. The number of aromatic nitrogens is 2. The van der Waals surface area contributed by atoms with Crippen molar-refractivity contribution in [3.8, 4) is 34.0 Å². The molecule has 0 spiro atoms. The fourth-order valence-corrected chi connectivity index (χ4v) is 5.55. The summed E-state index contributed by atoms with van der Waals surface area (Å²) >= 11 is 0. The summed E-state index contributed by atoms with van der Waals surface area (Å²) in [6, 6.07) is 17.6. The number of halogens is 3. The summed E-state index contributed by atoms with van der Waals surface area (Å²) in [5, 5.41) is 26.7. The molecule has 0 saturated carbocycles. The lowest BCUT2D eigenvalue weighted by Gasteiger charge is -2.20. The van der Waals surface area contributed by atoms with Crippen LogP contribution in [-0.2, 0) is 27.6 Å². The van der Waals surface area contributed by atoms with Gasteiger partial charge in [0.1, 0.15) is 17.2 Å². The van der Waals surface area contributed by atoms with Crippen molar-refractivity contribution < 1.29 is 45.4 Å². The van der Waals surface area contributed by atoms with Gasteiger partial charge in [-0.1, -0.05) is 32.0 Å². The van der Waals surface area contributed by atoms with Crippen LogP contribution >= 0.6 is 0 Å². The first-order valence-electron chi connectivity index (χ1n) is 13.8. The Kier molecular flexibility index (Phi) is 10.3. The molecule has 238 valence electrons. The van der Waals surface area contributed by atoms with E-state index in [1.807, 2.05) is 13.8 Å². The summed E-state index contributed by atoms with van der Waals surface area (Å²) in [7, 11) is -4.98. The van der Waals surface area contributed by atoms with Gasteiger partial charge in [0, 0.05) is 11.1 Å². The highest BCUT2D eigenvalue weighted by atomic mass is 32.2. The second kappa shape index (κ2) is 13.8. The SMILES string of the molecule is COc1ccc(-c2cc(-c3ccccc3OS(=O)(=O)c3cccc(C(F)(F)F)c3)nn2CC(=O)N[C@@H](CC(C)C)B(O)O)cc1. The number of carbonyl (C=O) groups is 1. The van der Waals surface area contributed by atoms with Crippen LogP contribution in [0, 0.1) is 5.92 Å². The summed E-state index contributed by atoms with van der Waals surface area (Å²) in [5.74, 6) is -1.05. The summed E-state index contributed by atoms with van der Waals surface area (Å²) < 4.78 is 77.8. The van der Waals surface area contributed by atoms with Gasteiger partial charge in [-0.2, -0.15) is 26.7 Å². The molecule has 1 aromatic heterocycles. The number of benzene rings is 3. The van der Waals surface area contributed by atoms with Crippen LogP contribution in [0.1, 0.15) is 25.8 Å². The highest BCUT2D eigenvalue weighted by Crippen LogP contribution is 2.35. The van der Waals surface area contributed by atoms with E-state index in [0.29, 0.717) is 29.5 Å². The molecule has 0 saturated heterocycles. The number of nitrogens with zero attached hydrogens (tertiary/aromatic N) is 2. The van der Waals surface area contributed by atoms with Gasteiger partial charge in [0.25, 0.3) is 0 Å². The largest absolute Gasteiger partial charge is 0.497 e. The van der Waals surface area contributed by atoms with Crippen molar-refractivity contribution in [2.45, 2.75) is 43.8 Å². The molecule has 0 aliphatic heterocycles. The van der Waals surface area contributed by atoms with Gasteiger partial charge in [-0.15, -0.1) is 0 Å². The smallest absolute Gasteiger partial charge is 0.475 e. The van der Waals surface area contributed by atoms with E-state index >= 15 is 0 Å². The Labute approximate surface area is 258 Å². The number of ether oxygens (including phenoxy) is 1. The molecule has 0 aliphatic carbocycles. The second-order valence-corrected chi connectivity index (χ2v) is 12.1. The van der Waals surface area contributed by atoms with Gasteiger partial charge < -0.3 is 24.3 Å². The molecule has 4 aromatic rings. The van der Waals surface area contributed by atoms with Crippen molar-refractivity contribution >= 4 is 23.1 Å². The van der Waals surface area contributed by atoms with E-state index in [9.17, 15) is 36.4 Å². The van der Waals surface area contributed by atoms with E-state index in [1.54, 1.807) is 36.4 Å². The fraction of sp³-hybridized carbons (Fsp3) is 0.267. The van der Waals surface area contributed by atoms with E-state index < -0.39 is 45.7 Å². The molecule has 10 nitrogen and oxygen atoms in total. The van der Waals surface area contributed by atoms with E-state index in [1.165, 1.54) is 30.0 Å².